The highest BCUT2D eigenvalue weighted by Gasteiger charge is 2.06. The van der Waals surface area contributed by atoms with E-state index in [2.05, 4.69) is 20.3 Å². The summed E-state index contributed by atoms with van der Waals surface area (Å²) in [4.78, 5) is 12.4. The van der Waals surface area contributed by atoms with E-state index in [1.807, 2.05) is 54.6 Å². The quantitative estimate of drug-likeness (QED) is 0.480. The fraction of sp³-hybridized carbons (Fsp3) is 0.150. The van der Waals surface area contributed by atoms with E-state index in [0.717, 1.165) is 11.3 Å². The number of aliphatic imine (C=N–C) groups is 1. The number of hydrogen-bond donors (Lipinski definition) is 2. The molecule has 0 bridgehead atoms. The number of methoxy groups -OCH3 is 2. The van der Waals surface area contributed by atoms with Crippen LogP contribution in [0.2, 0.25) is 0 Å². The predicted molar refractivity (Wildman–Crippen MR) is 107 cm³/mol. The number of nitrogens with zero attached hydrogens (tertiary/aromatic N) is 3. The van der Waals surface area contributed by atoms with Crippen LogP contribution < -0.4 is 25.3 Å². The van der Waals surface area contributed by atoms with Crippen LogP contribution in [0.25, 0.3) is 0 Å². The minimum Gasteiger partial charge on any atom is -0.489 e. The van der Waals surface area contributed by atoms with Gasteiger partial charge in [-0.05, 0) is 17.7 Å². The molecular formula is C20H21N5O3. The number of aromatic nitrogens is 2. The summed E-state index contributed by atoms with van der Waals surface area (Å²) in [7, 11) is 3.00. The number of anilines is 1. The minimum absolute atomic E-state index is 0.121. The van der Waals surface area contributed by atoms with Crippen LogP contribution in [-0.2, 0) is 6.61 Å². The van der Waals surface area contributed by atoms with Gasteiger partial charge in [-0.3, -0.25) is 0 Å². The van der Waals surface area contributed by atoms with Crippen LogP contribution in [0.5, 0.6) is 17.5 Å². The van der Waals surface area contributed by atoms with Crippen molar-refractivity contribution in [2.24, 2.45) is 10.7 Å². The van der Waals surface area contributed by atoms with E-state index in [9.17, 15) is 0 Å². The Morgan fingerprint density at radius 2 is 1.68 bits per heavy atom. The van der Waals surface area contributed by atoms with E-state index >= 15 is 0 Å². The Kier molecular flexibility index (Phi) is 6.25. The first-order valence-electron chi connectivity index (χ1n) is 8.51. The molecule has 28 heavy (non-hydrogen) atoms. The third-order valence-electron chi connectivity index (χ3n) is 3.66. The number of nitrogens with one attached hydrogen (secondary N) is 1. The summed E-state index contributed by atoms with van der Waals surface area (Å²) in [5.74, 6) is 1.61. The minimum atomic E-state index is 0.121. The van der Waals surface area contributed by atoms with Gasteiger partial charge in [0.1, 0.15) is 12.4 Å². The first-order valence-corrected chi connectivity index (χ1v) is 8.51. The fourth-order valence-electron chi connectivity index (χ4n) is 2.34. The second-order valence-corrected chi connectivity index (χ2v) is 5.68. The molecule has 0 spiro atoms. The van der Waals surface area contributed by atoms with Crippen LogP contribution in [0.3, 0.4) is 0 Å². The topological polar surface area (TPSA) is 104 Å². The Morgan fingerprint density at radius 3 is 2.36 bits per heavy atom. The van der Waals surface area contributed by atoms with Gasteiger partial charge in [-0.1, -0.05) is 36.4 Å². The molecule has 144 valence electrons. The zero-order chi connectivity index (χ0) is 19.8. The van der Waals surface area contributed by atoms with Gasteiger partial charge in [-0.15, -0.1) is 0 Å². The average molecular weight is 379 g/mol. The van der Waals surface area contributed by atoms with Gasteiger partial charge in [0.25, 0.3) is 5.95 Å². The lowest BCUT2D eigenvalue weighted by molar-refractivity contribution is 0.306. The monoisotopic (exact) mass is 379 g/mol. The second kappa shape index (κ2) is 9.22. The highest BCUT2D eigenvalue weighted by atomic mass is 16.5. The molecule has 8 nitrogen and oxygen atoms in total. The number of hydrogen-bond acceptors (Lipinski definition) is 6. The van der Waals surface area contributed by atoms with Crippen molar-refractivity contribution in [1.29, 1.82) is 0 Å². The van der Waals surface area contributed by atoms with E-state index in [1.165, 1.54) is 14.2 Å². The third kappa shape index (κ3) is 5.34. The summed E-state index contributed by atoms with van der Waals surface area (Å²) in [6.07, 6.45) is 0. The van der Waals surface area contributed by atoms with Gasteiger partial charge in [0.05, 0.1) is 20.3 Å². The van der Waals surface area contributed by atoms with Crippen molar-refractivity contribution >= 4 is 17.6 Å². The molecule has 0 radical (unpaired) electrons. The highest BCUT2D eigenvalue weighted by molar-refractivity contribution is 5.93. The Hall–Kier alpha value is -3.81. The SMILES string of the molecule is COc1cc(OC)nc(/N=C(\N)Nc2cccc(OCc3ccccc3)c2)n1. The van der Waals surface area contributed by atoms with Gasteiger partial charge in [0, 0.05) is 11.8 Å². The van der Waals surface area contributed by atoms with E-state index in [4.69, 9.17) is 19.9 Å². The molecule has 3 N–H and O–H groups in total. The van der Waals surface area contributed by atoms with Crippen molar-refractivity contribution in [3.05, 3.63) is 66.2 Å². The second-order valence-electron chi connectivity index (χ2n) is 5.68. The smallest absolute Gasteiger partial charge is 0.259 e. The molecule has 3 aromatic rings. The maximum atomic E-state index is 5.97. The lowest BCUT2D eigenvalue weighted by Gasteiger charge is -2.10. The Morgan fingerprint density at radius 1 is 0.964 bits per heavy atom. The summed E-state index contributed by atoms with van der Waals surface area (Å²) in [6.45, 7) is 0.477. The molecule has 0 saturated carbocycles. The van der Waals surface area contributed by atoms with Crippen molar-refractivity contribution in [3.8, 4) is 17.5 Å². The van der Waals surface area contributed by atoms with E-state index in [-0.39, 0.29) is 11.9 Å². The van der Waals surface area contributed by atoms with Gasteiger partial charge >= 0.3 is 0 Å². The van der Waals surface area contributed by atoms with Crippen molar-refractivity contribution in [1.82, 2.24) is 9.97 Å². The van der Waals surface area contributed by atoms with Crippen molar-refractivity contribution in [2.45, 2.75) is 6.61 Å². The molecule has 0 aliphatic rings. The van der Waals surface area contributed by atoms with Gasteiger partial charge < -0.3 is 25.3 Å². The average Bonchev–Trinajstić information content (AvgIpc) is 2.72. The normalized spacial score (nSPS) is 11.0. The largest absolute Gasteiger partial charge is 0.489 e. The molecule has 2 aromatic carbocycles. The number of nitrogens with two attached hydrogens (primary N) is 1. The summed E-state index contributed by atoms with van der Waals surface area (Å²) in [5.41, 5.74) is 7.79. The van der Waals surface area contributed by atoms with Gasteiger partial charge in [0.2, 0.25) is 17.7 Å². The predicted octanol–water partition coefficient (Wildman–Crippen LogP) is 3.13. The molecule has 0 aliphatic carbocycles. The Labute approximate surface area is 163 Å². The third-order valence-corrected chi connectivity index (χ3v) is 3.66. The number of benzene rings is 2. The molecule has 0 aliphatic heterocycles. The lowest BCUT2D eigenvalue weighted by Crippen LogP contribution is -2.22. The zero-order valence-electron chi connectivity index (χ0n) is 15.6. The van der Waals surface area contributed by atoms with Gasteiger partial charge in [0.15, 0.2) is 0 Å². The molecule has 8 heteroatoms. The van der Waals surface area contributed by atoms with Crippen LogP contribution in [-0.4, -0.2) is 30.1 Å². The molecule has 0 unspecified atom stereocenters. The van der Waals surface area contributed by atoms with Crippen molar-refractivity contribution in [2.75, 3.05) is 19.5 Å². The molecule has 0 fully saturated rings. The van der Waals surface area contributed by atoms with E-state index < -0.39 is 0 Å². The van der Waals surface area contributed by atoms with Crippen molar-refractivity contribution in [3.63, 3.8) is 0 Å². The van der Waals surface area contributed by atoms with Gasteiger partial charge in [-0.2, -0.15) is 15.0 Å². The molecule has 3 rings (SSSR count). The summed E-state index contributed by atoms with van der Waals surface area (Å²) in [6, 6.07) is 18.9. The standard InChI is InChI=1S/C20H21N5O3/c1-26-17-12-18(27-2)24-20(23-17)25-19(21)22-15-9-6-10-16(11-15)28-13-14-7-4-3-5-8-14/h3-12H,13H2,1-2H3,(H3,21,22,23,24,25). The first kappa shape index (κ1) is 19.0. The molecule has 0 amide bonds. The maximum absolute atomic E-state index is 5.97. The Bertz CT molecular complexity index is 925. The van der Waals surface area contributed by atoms with Crippen LogP contribution in [0.4, 0.5) is 11.6 Å². The fourth-order valence-corrected chi connectivity index (χ4v) is 2.34. The van der Waals surface area contributed by atoms with E-state index in [1.54, 1.807) is 6.07 Å². The lowest BCUT2D eigenvalue weighted by atomic mass is 10.2. The summed E-state index contributed by atoms with van der Waals surface area (Å²) in [5, 5.41) is 2.99. The summed E-state index contributed by atoms with van der Waals surface area (Å²) >= 11 is 0. The van der Waals surface area contributed by atoms with Crippen molar-refractivity contribution < 1.29 is 14.2 Å². The van der Waals surface area contributed by atoms with Crippen LogP contribution in [0.15, 0.2) is 65.7 Å². The molecule has 0 atom stereocenters. The molecular weight excluding hydrogens is 358 g/mol. The molecule has 0 saturated heterocycles. The first-order chi connectivity index (χ1) is 13.7. The highest BCUT2D eigenvalue weighted by Crippen LogP contribution is 2.20. The molecule has 1 aromatic heterocycles. The van der Waals surface area contributed by atoms with E-state index in [0.29, 0.717) is 24.1 Å². The maximum Gasteiger partial charge on any atom is 0.259 e. The number of guanidine groups is 1. The van der Waals surface area contributed by atoms with Crippen LogP contribution >= 0.6 is 0 Å². The Balaban J connectivity index is 1.68. The molecule has 1 heterocycles. The number of rotatable bonds is 7. The zero-order valence-corrected chi connectivity index (χ0v) is 15.6. The van der Waals surface area contributed by atoms with Crippen LogP contribution in [0, 0.1) is 0 Å². The number of ether oxygens (including phenoxy) is 3. The van der Waals surface area contributed by atoms with Crippen LogP contribution in [0.1, 0.15) is 5.56 Å². The van der Waals surface area contributed by atoms with Gasteiger partial charge in [-0.25, -0.2) is 0 Å². The summed E-state index contributed by atoms with van der Waals surface area (Å²) < 4.78 is 16.0.